The van der Waals surface area contributed by atoms with Crippen LogP contribution in [0.5, 0.6) is 5.75 Å². The molecule has 0 saturated heterocycles. The Morgan fingerprint density at radius 3 is 2.64 bits per heavy atom. The van der Waals surface area contributed by atoms with Gasteiger partial charge in [-0.1, -0.05) is 38.3 Å². The summed E-state index contributed by atoms with van der Waals surface area (Å²) in [6.45, 7) is 4.18. The normalized spacial score (nSPS) is 16.9. The number of benzene rings is 1. The van der Waals surface area contributed by atoms with Gasteiger partial charge in [-0.15, -0.1) is 4.37 Å². The standard InChI is InChI=1S/C23H30ClN5O5S2/c1-13(2)15-11-18(34-12-15)19(14-7-5-6-8-14)26-23-22(27-35(31)28-23)25-17-10-9-16(24)21(20(17)30)36(32,33)29(3)4/h9-14,19,30H,5-8H2,1-4H3,(H,25,27)(H,26,28)/t19-,35?/m1/s1. The van der Waals surface area contributed by atoms with Gasteiger partial charge < -0.3 is 19.4 Å². The first-order chi connectivity index (χ1) is 17.0. The van der Waals surface area contributed by atoms with Gasteiger partial charge in [0.2, 0.25) is 21.3 Å². The number of aromatic hydroxyl groups is 1. The van der Waals surface area contributed by atoms with E-state index in [1.807, 2.05) is 6.07 Å². The highest BCUT2D eigenvalue weighted by Gasteiger charge is 2.30. The average molecular weight is 556 g/mol. The molecule has 3 aromatic rings. The van der Waals surface area contributed by atoms with E-state index >= 15 is 0 Å². The van der Waals surface area contributed by atoms with Crippen LogP contribution in [-0.4, -0.2) is 45.2 Å². The summed E-state index contributed by atoms with van der Waals surface area (Å²) < 4.78 is 51.4. The summed E-state index contributed by atoms with van der Waals surface area (Å²) in [4.78, 5) is 4.43. The number of phenolic OH excluding ortho intramolecular Hbond substituents is 1. The maximum atomic E-state index is 12.7. The molecule has 2 heterocycles. The van der Waals surface area contributed by atoms with Crippen molar-refractivity contribution < 1.29 is 22.5 Å². The molecule has 0 spiro atoms. The van der Waals surface area contributed by atoms with Crippen molar-refractivity contribution >= 4 is 44.3 Å². The van der Waals surface area contributed by atoms with E-state index in [1.54, 1.807) is 6.26 Å². The molecule has 4 rings (SSSR count). The highest BCUT2D eigenvalue weighted by atomic mass is 35.5. The molecule has 1 fully saturated rings. The molecule has 196 valence electrons. The molecule has 10 nitrogen and oxygen atoms in total. The van der Waals surface area contributed by atoms with Gasteiger partial charge in [0, 0.05) is 18.5 Å². The predicted molar refractivity (Wildman–Crippen MR) is 138 cm³/mol. The quantitative estimate of drug-likeness (QED) is 0.260. The molecular formula is C23H30ClN5O5S2. The minimum atomic E-state index is -4.04. The molecule has 1 aliphatic carbocycles. The zero-order valence-corrected chi connectivity index (χ0v) is 22.9. The van der Waals surface area contributed by atoms with Crippen molar-refractivity contribution in [3.05, 3.63) is 46.3 Å². The van der Waals surface area contributed by atoms with E-state index in [4.69, 9.17) is 21.0 Å². The summed E-state index contributed by atoms with van der Waals surface area (Å²) in [5.41, 5.74) is 1.34. The molecule has 0 aliphatic heterocycles. The van der Waals surface area contributed by atoms with Crippen LogP contribution in [0, 0.1) is 5.92 Å². The fourth-order valence-corrected chi connectivity index (χ4v) is 6.43. The number of hydrogen-bond donors (Lipinski definition) is 3. The fraction of sp³-hybridized carbons (Fsp3) is 0.478. The number of nitrogens with one attached hydrogen (secondary N) is 2. The molecule has 1 unspecified atom stereocenters. The lowest BCUT2D eigenvalue weighted by Crippen LogP contribution is -2.23. The van der Waals surface area contributed by atoms with Crippen molar-refractivity contribution in [2.45, 2.75) is 56.4 Å². The van der Waals surface area contributed by atoms with Crippen molar-refractivity contribution in [3.63, 3.8) is 0 Å². The Bertz CT molecular complexity index is 1400. The smallest absolute Gasteiger partial charge is 0.247 e. The topological polar surface area (TPSA) is 147 Å². The van der Waals surface area contributed by atoms with E-state index in [2.05, 4.69) is 27.9 Å². The zero-order valence-electron chi connectivity index (χ0n) is 20.5. The van der Waals surface area contributed by atoms with Crippen molar-refractivity contribution in [1.82, 2.24) is 13.1 Å². The zero-order chi connectivity index (χ0) is 26.2. The van der Waals surface area contributed by atoms with Crippen LogP contribution in [0.15, 0.2) is 38.8 Å². The molecule has 2 aromatic heterocycles. The van der Waals surface area contributed by atoms with Crippen molar-refractivity contribution in [1.29, 1.82) is 0 Å². The van der Waals surface area contributed by atoms with Crippen LogP contribution >= 0.6 is 22.7 Å². The predicted octanol–water partition coefficient (Wildman–Crippen LogP) is 5.04. The Morgan fingerprint density at radius 1 is 1.33 bits per heavy atom. The molecule has 0 radical (unpaired) electrons. The monoisotopic (exact) mass is 555 g/mol. The number of aromatic nitrogens is 2. The maximum Gasteiger partial charge on any atom is 0.247 e. The second kappa shape index (κ2) is 10.5. The summed E-state index contributed by atoms with van der Waals surface area (Å²) in [5.74, 6) is 0.816. The first kappa shape index (κ1) is 26.7. The Labute approximate surface area is 218 Å². The molecular weight excluding hydrogens is 526 g/mol. The largest absolute Gasteiger partial charge is 0.548 e. The second-order valence-corrected chi connectivity index (χ2v) is 12.8. The molecule has 36 heavy (non-hydrogen) atoms. The molecule has 3 N–H and O–H groups in total. The van der Waals surface area contributed by atoms with E-state index in [1.165, 1.54) is 26.2 Å². The number of H-pyrrole nitrogens is 1. The van der Waals surface area contributed by atoms with E-state index in [-0.39, 0.29) is 34.0 Å². The third kappa shape index (κ3) is 5.32. The fourth-order valence-electron chi connectivity index (χ4n) is 4.29. The van der Waals surface area contributed by atoms with Crippen LogP contribution in [0.2, 0.25) is 5.02 Å². The van der Waals surface area contributed by atoms with Gasteiger partial charge in [0.05, 0.1) is 17.0 Å². The first-order valence-electron chi connectivity index (χ1n) is 11.6. The number of phenols is 1. The molecule has 2 atom stereocenters. The highest BCUT2D eigenvalue weighted by Crippen LogP contribution is 2.40. The minimum absolute atomic E-state index is 0.0319. The van der Waals surface area contributed by atoms with E-state index < -0.39 is 31.8 Å². The number of halogens is 1. The average Bonchev–Trinajstić information content (AvgIpc) is 3.55. The lowest BCUT2D eigenvalue weighted by Gasteiger charge is -2.17. The molecule has 1 aromatic carbocycles. The van der Waals surface area contributed by atoms with Crippen LogP contribution in [0.1, 0.15) is 62.8 Å². The van der Waals surface area contributed by atoms with Crippen LogP contribution < -0.4 is 10.8 Å². The molecule has 1 saturated carbocycles. The van der Waals surface area contributed by atoms with Gasteiger partial charge in [0.25, 0.3) is 0 Å². The second-order valence-electron chi connectivity index (χ2n) is 9.38. The summed E-state index contributed by atoms with van der Waals surface area (Å²) in [6.07, 6.45) is 5.93. The minimum Gasteiger partial charge on any atom is -0.548 e. The van der Waals surface area contributed by atoms with E-state index in [0.717, 1.165) is 41.3 Å². The summed E-state index contributed by atoms with van der Waals surface area (Å²) in [5, 5.41) is 13.5. The van der Waals surface area contributed by atoms with E-state index in [9.17, 15) is 18.1 Å². The van der Waals surface area contributed by atoms with Crippen molar-refractivity contribution in [2.24, 2.45) is 10.9 Å². The van der Waals surface area contributed by atoms with Crippen molar-refractivity contribution in [2.75, 3.05) is 19.4 Å². The Hall–Kier alpha value is -2.38. The Morgan fingerprint density at radius 2 is 2.03 bits per heavy atom. The number of hydrogen-bond acceptors (Lipinski definition) is 8. The van der Waals surface area contributed by atoms with Gasteiger partial charge in [-0.3, -0.25) is 0 Å². The third-order valence-corrected chi connectivity index (χ3v) is 9.40. The lowest BCUT2D eigenvalue weighted by atomic mass is 9.95. The number of sulfonamides is 1. The van der Waals surface area contributed by atoms with Crippen LogP contribution in [0.25, 0.3) is 0 Å². The Kier molecular flexibility index (Phi) is 7.81. The molecule has 0 bridgehead atoms. The molecule has 13 heteroatoms. The summed E-state index contributed by atoms with van der Waals surface area (Å²) >= 11 is 4.32. The number of rotatable bonds is 8. The SMILES string of the molecule is CC(C)c1coc([C@H](N=c2[nH][s+]([O-])nc2Nc2ccc(Cl)c(S(=O)(=O)N(C)C)c2O)C2CCCC2)c1. The van der Waals surface area contributed by atoms with Crippen molar-refractivity contribution in [3.8, 4) is 5.75 Å². The first-order valence-corrected chi connectivity index (χ1v) is 14.6. The number of aromatic amines is 1. The summed E-state index contributed by atoms with van der Waals surface area (Å²) in [6, 6.07) is 4.47. The number of furan rings is 1. The number of anilines is 2. The van der Waals surface area contributed by atoms with Crippen LogP contribution in [0.3, 0.4) is 0 Å². The van der Waals surface area contributed by atoms with Gasteiger partial charge in [-0.25, -0.2) is 17.7 Å². The van der Waals surface area contributed by atoms with Gasteiger partial charge in [-0.2, -0.15) is 0 Å². The van der Waals surface area contributed by atoms with Gasteiger partial charge >= 0.3 is 0 Å². The Balaban J connectivity index is 1.77. The number of nitrogens with zero attached hydrogens (tertiary/aromatic N) is 3. The van der Waals surface area contributed by atoms with Gasteiger partial charge in [0.15, 0.2) is 16.9 Å². The summed E-state index contributed by atoms with van der Waals surface area (Å²) in [7, 11) is -1.36. The van der Waals surface area contributed by atoms with E-state index in [0.29, 0.717) is 5.92 Å². The lowest BCUT2D eigenvalue weighted by molar-refractivity contribution is 0.365. The third-order valence-electron chi connectivity index (χ3n) is 6.37. The van der Waals surface area contributed by atoms with Gasteiger partial charge in [0.1, 0.15) is 16.7 Å². The molecule has 1 aliphatic rings. The van der Waals surface area contributed by atoms with Crippen LogP contribution in [-0.2, 0) is 10.0 Å². The van der Waals surface area contributed by atoms with Crippen LogP contribution in [0.4, 0.5) is 11.5 Å². The maximum absolute atomic E-state index is 12.7. The van der Waals surface area contributed by atoms with Gasteiger partial charge in [-0.05, 0) is 48.4 Å². The highest BCUT2D eigenvalue weighted by molar-refractivity contribution is 7.89. The molecule has 0 amide bonds.